The zero-order valence-electron chi connectivity index (χ0n) is 9.27. The summed E-state index contributed by atoms with van der Waals surface area (Å²) in [6, 6.07) is 5.95. The van der Waals surface area contributed by atoms with Gasteiger partial charge >= 0.3 is 0 Å². The minimum Gasteiger partial charge on any atom is -0.311 e. The van der Waals surface area contributed by atoms with Crippen molar-refractivity contribution in [3.63, 3.8) is 0 Å². The molecule has 0 aliphatic carbocycles. The maximum absolute atomic E-state index is 4.58. The third kappa shape index (κ3) is 1.42. The first-order chi connectivity index (χ1) is 7.86. The van der Waals surface area contributed by atoms with Crippen LogP contribution in [-0.4, -0.2) is 21.3 Å². The Morgan fingerprint density at radius 3 is 3.12 bits per heavy atom. The molecule has 0 unspecified atom stereocenters. The Balaban J connectivity index is 2.15. The van der Waals surface area contributed by atoms with E-state index in [0.29, 0.717) is 0 Å². The predicted octanol–water partition coefficient (Wildman–Crippen LogP) is 1.13. The Morgan fingerprint density at radius 1 is 1.38 bits per heavy atom. The molecule has 0 radical (unpaired) electrons. The number of hydrogen-bond donors (Lipinski definition) is 1. The van der Waals surface area contributed by atoms with Crippen LogP contribution >= 0.6 is 0 Å². The van der Waals surface area contributed by atoms with E-state index in [1.54, 1.807) is 0 Å². The highest BCUT2D eigenvalue weighted by molar-refractivity contribution is 5.60. The molecule has 1 N–H and O–H groups in total. The van der Waals surface area contributed by atoms with Crippen LogP contribution in [0.2, 0.25) is 0 Å². The maximum Gasteiger partial charge on any atom is 0.114 e. The Bertz CT molecular complexity index is 501. The molecule has 3 rings (SSSR count). The van der Waals surface area contributed by atoms with Crippen molar-refractivity contribution in [1.82, 2.24) is 20.1 Å². The summed E-state index contributed by atoms with van der Waals surface area (Å²) >= 11 is 0. The molecule has 1 aliphatic rings. The van der Waals surface area contributed by atoms with Crippen LogP contribution in [0.25, 0.3) is 11.4 Å². The molecule has 0 bridgehead atoms. The summed E-state index contributed by atoms with van der Waals surface area (Å²) in [5, 5.41) is 7.94. The fraction of sp³-hybridized carbons (Fsp3) is 0.333. The number of rotatable bonds is 1. The van der Waals surface area contributed by atoms with E-state index in [-0.39, 0.29) is 0 Å². The summed E-state index contributed by atoms with van der Waals surface area (Å²) in [6.07, 6.45) is 2.85. The van der Waals surface area contributed by atoms with E-state index in [0.717, 1.165) is 30.9 Å². The Kier molecular flexibility index (Phi) is 2.22. The topological polar surface area (TPSA) is 42.7 Å². The number of pyridine rings is 1. The normalized spacial score (nSPS) is 14.8. The van der Waals surface area contributed by atoms with Crippen molar-refractivity contribution in [2.24, 2.45) is 7.05 Å². The second kappa shape index (κ2) is 3.72. The summed E-state index contributed by atoms with van der Waals surface area (Å²) in [4.78, 5) is 4.37. The summed E-state index contributed by atoms with van der Waals surface area (Å²) in [5.74, 6) is 0. The van der Waals surface area contributed by atoms with Gasteiger partial charge < -0.3 is 5.32 Å². The van der Waals surface area contributed by atoms with Gasteiger partial charge in [0.05, 0.1) is 11.4 Å². The van der Waals surface area contributed by atoms with Gasteiger partial charge in [0, 0.05) is 25.4 Å². The lowest BCUT2D eigenvalue weighted by molar-refractivity contribution is 0.593. The molecule has 2 aromatic heterocycles. The van der Waals surface area contributed by atoms with Gasteiger partial charge in [-0.05, 0) is 25.1 Å². The average molecular weight is 214 g/mol. The molecule has 4 nitrogen and oxygen atoms in total. The van der Waals surface area contributed by atoms with Gasteiger partial charge in [-0.15, -0.1) is 0 Å². The van der Waals surface area contributed by atoms with E-state index >= 15 is 0 Å². The molecule has 0 atom stereocenters. The van der Waals surface area contributed by atoms with E-state index in [1.165, 1.54) is 11.3 Å². The fourth-order valence-electron chi connectivity index (χ4n) is 2.22. The summed E-state index contributed by atoms with van der Waals surface area (Å²) in [7, 11) is 2.00. The quantitative estimate of drug-likeness (QED) is 0.773. The summed E-state index contributed by atoms with van der Waals surface area (Å²) < 4.78 is 1.96. The van der Waals surface area contributed by atoms with Crippen LogP contribution in [0.5, 0.6) is 0 Å². The largest absolute Gasteiger partial charge is 0.311 e. The first-order valence-corrected chi connectivity index (χ1v) is 5.53. The second-order valence-electron chi connectivity index (χ2n) is 4.04. The molecular weight excluding hydrogens is 200 g/mol. The van der Waals surface area contributed by atoms with Crippen molar-refractivity contribution >= 4 is 0 Å². The van der Waals surface area contributed by atoms with Gasteiger partial charge in [-0.3, -0.25) is 9.67 Å². The third-order valence-corrected chi connectivity index (χ3v) is 3.03. The molecular formula is C12H14N4. The van der Waals surface area contributed by atoms with Crippen LogP contribution in [0, 0.1) is 0 Å². The minimum absolute atomic E-state index is 0.908. The molecule has 0 spiro atoms. The third-order valence-electron chi connectivity index (χ3n) is 3.03. The minimum atomic E-state index is 0.908. The lowest BCUT2D eigenvalue weighted by atomic mass is 10.0. The maximum atomic E-state index is 4.58. The molecule has 0 saturated carbocycles. The van der Waals surface area contributed by atoms with E-state index in [2.05, 4.69) is 15.4 Å². The fourth-order valence-corrected chi connectivity index (χ4v) is 2.22. The zero-order valence-corrected chi connectivity index (χ0v) is 9.27. The highest BCUT2D eigenvalue weighted by atomic mass is 15.3. The first kappa shape index (κ1) is 9.54. The Hall–Kier alpha value is -1.68. The van der Waals surface area contributed by atoms with Crippen molar-refractivity contribution in [1.29, 1.82) is 0 Å². The molecule has 1 aliphatic heterocycles. The number of nitrogens with zero attached hydrogens (tertiary/aromatic N) is 3. The Labute approximate surface area is 94.3 Å². The van der Waals surface area contributed by atoms with E-state index in [4.69, 9.17) is 0 Å². The molecule has 2 aromatic rings. The molecule has 4 heteroatoms. The van der Waals surface area contributed by atoms with Crippen molar-refractivity contribution in [2.45, 2.75) is 13.0 Å². The molecule has 0 saturated heterocycles. The summed E-state index contributed by atoms with van der Waals surface area (Å²) in [6.45, 7) is 1.93. The Morgan fingerprint density at radius 2 is 2.31 bits per heavy atom. The number of fused-ring (bicyclic) bond motifs is 1. The van der Waals surface area contributed by atoms with Crippen molar-refractivity contribution < 1.29 is 0 Å². The van der Waals surface area contributed by atoms with Crippen molar-refractivity contribution in [3.05, 3.63) is 35.7 Å². The van der Waals surface area contributed by atoms with Gasteiger partial charge in [0.2, 0.25) is 0 Å². The van der Waals surface area contributed by atoms with E-state index < -0.39 is 0 Å². The molecule has 3 heterocycles. The lowest BCUT2D eigenvalue weighted by Gasteiger charge is -2.14. The van der Waals surface area contributed by atoms with Crippen LogP contribution in [0.15, 0.2) is 24.4 Å². The average Bonchev–Trinajstić information content (AvgIpc) is 2.69. The molecule has 82 valence electrons. The molecule has 0 fully saturated rings. The van der Waals surface area contributed by atoms with Gasteiger partial charge in [-0.25, -0.2) is 0 Å². The SMILES string of the molecule is Cn1nc(-c2ccccn2)c2c1CNCC2. The van der Waals surface area contributed by atoms with Crippen LogP contribution in [0.3, 0.4) is 0 Å². The van der Waals surface area contributed by atoms with E-state index in [9.17, 15) is 0 Å². The van der Waals surface area contributed by atoms with Gasteiger partial charge in [0.15, 0.2) is 0 Å². The van der Waals surface area contributed by atoms with Crippen LogP contribution < -0.4 is 5.32 Å². The molecule has 0 amide bonds. The first-order valence-electron chi connectivity index (χ1n) is 5.53. The number of nitrogens with one attached hydrogen (secondary N) is 1. The number of hydrogen-bond acceptors (Lipinski definition) is 3. The van der Waals surface area contributed by atoms with Crippen LogP contribution in [0.1, 0.15) is 11.3 Å². The standard InChI is InChI=1S/C12H14N4/c1-16-11-8-13-7-5-9(11)12(15-16)10-4-2-3-6-14-10/h2-4,6,13H,5,7-8H2,1H3. The highest BCUT2D eigenvalue weighted by Gasteiger charge is 2.20. The summed E-state index contributed by atoms with van der Waals surface area (Å²) in [5.41, 5.74) is 4.65. The molecule has 0 aromatic carbocycles. The number of aryl methyl sites for hydroxylation is 1. The van der Waals surface area contributed by atoms with Gasteiger partial charge in [-0.1, -0.05) is 6.07 Å². The second-order valence-corrected chi connectivity index (χ2v) is 4.04. The van der Waals surface area contributed by atoms with Crippen molar-refractivity contribution in [3.8, 4) is 11.4 Å². The van der Waals surface area contributed by atoms with Gasteiger partial charge in [0.1, 0.15) is 5.69 Å². The highest BCUT2D eigenvalue weighted by Crippen LogP contribution is 2.25. The zero-order chi connectivity index (χ0) is 11.0. The van der Waals surface area contributed by atoms with Gasteiger partial charge in [0.25, 0.3) is 0 Å². The smallest absolute Gasteiger partial charge is 0.114 e. The predicted molar refractivity (Wildman–Crippen MR) is 61.8 cm³/mol. The van der Waals surface area contributed by atoms with Crippen LogP contribution in [-0.2, 0) is 20.0 Å². The van der Waals surface area contributed by atoms with Crippen LogP contribution in [0.4, 0.5) is 0 Å². The monoisotopic (exact) mass is 214 g/mol. The van der Waals surface area contributed by atoms with Gasteiger partial charge in [-0.2, -0.15) is 5.10 Å². The molecule has 16 heavy (non-hydrogen) atoms. The van der Waals surface area contributed by atoms with E-state index in [1.807, 2.05) is 36.1 Å². The number of aromatic nitrogens is 3. The lowest BCUT2D eigenvalue weighted by Crippen LogP contribution is -2.24. The van der Waals surface area contributed by atoms with Crippen molar-refractivity contribution in [2.75, 3.05) is 6.54 Å².